The molecule has 2 aliphatic rings. The monoisotopic (exact) mass is 349 g/mol. The van der Waals surface area contributed by atoms with Crippen LogP contribution in [0.25, 0.3) is 0 Å². The van der Waals surface area contributed by atoms with Gasteiger partial charge in [-0.15, -0.1) is 0 Å². The molecule has 0 spiro atoms. The highest BCUT2D eigenvalue weighted by molar-refractivity contribution is 7.89. The molecule has 24 heavy (non-hydrogen) atoms. The molecule has 1 aliphatic heterocycles. The van der Waals surface area contributed by atoms with E-state index in [0.717, 1.165) is 15.4 Å². The number of benzene rings is 1. The third-order valence-corrected chi connectivity index (χ3v) is 6.48. The number of ether oxygens (including phenoxy) is 1. The molecule has 0 saturated carbocycles. The molecule has 0 N–H and O–H groups in total. The minimum absolute atomic E-state index is 0.0202. The number of carbonyl (C=O) groups is 2. The lowest BCUT2D eigenvalue weighted by atomic mass is 9.89. The molecule has 128 valence electrons. The number of esters is 1. The van der Waals surface area contributed by atoms with Crippen LogP contribution in [-0.2, 0) is 24.3 Å². The van der Waals surface area contributed by atoms with E-state index in [2.05, 4.69) is 0 Å². The van der Waals surface area contributed by atoms with Gasteiger partial charge in [0.15, 0.2) is 5.78 Å². The number of sulfonamides is 1. The van der Waals surface area contributed by atoms with E-state index in [1.807, 2.05) is 6.92 Å². The number of rotatable bonds is 3. The number of piperidine rings is 1. The number of fused-ring (bicyclic) bond motifs is 1. The Labute approximate surface area is 141 Å². The molecular formula is C17H19NO5S. The van der Waals surface area contributed by atoms with Crippen molar-refractivity contribution in [1.82, 2.24) is 4.31 Å². The molecule has 7 heteroatoms. The lowest BCUT2D eigenvalue weighted by Gasteiger charge is -2.36. The van der Waals surface area contributed by atoms with E-state index in [-0.39, 0.29) is 29.6 Å². The first kappa shape index (κ1) is 16.9. The van der Waals surface area contributed by atoms with E-state index in [9.17, 15) is 18.0 Å². The van der Waals surface area contributed by atoms with Crippen LogP contribution in [-0.4, -0.2) is 44.2 Å². The summed E-state index contributed by atoms with van der Waals surface area (Å²) >= 11 is 0. The average Bonchev–Trinajstić information content (AvgIpc) is 2.92. The highest BCUT2D eigenvalue weighted by Crippen LogP contribution is 2.37. The van der Waals surface area contributed by atoms with Gasteiger partial charge >= 0.3 is 5.97 Å². The number of aryl methyl sites for hydroxylation is 1. The quantitative estimate of drug-likeness (QED) is 0.772. The van der Waals surface area contributed by atoms with E-state index in [1.54, 1.807) is 12.1 Å². The molecule has 1 fully saturated rings. The number of hydrogen-bond donors (Lipinski definition) is 0. The summed E-state index contributed by atoms with van der Waals surface area (Å²) in [4.78, 5) is 23.9. The normalized spacial score (nSPS) is 24.4. The van der Waals surface area contributed by atoms with Gasteiger partial charge in [0.1, 0.15) is 6.04 Å². The van der Waals surface area contributed by atoms with Gasteiger partial charge in [0, 0.05) is 13.0 Å². The van der Waals surface area contributed by atoms with Crippen molar-refractivity contribution in [2.45, 2.75) is 30.7 Å². The van der Waals surface area contributed by atoms with Crippen LogP contribution >= 0.6 is 0 Å². The topological polar surface area (TPSA) is 80.8 Å². The highest BCUT2D eigenvalue weighted by atomic mass is 32.2. The Bertz CT molecular complexity index is 810. The summed E-state index contributed by atoms with van der Waals surface area (Å²) < 4.78 is 32.0. The maximum Gasteiger partial charge on any atom is 0.324 e. The maximum atomic E-state index is 13.0. The van der Waals surface area contributed by atoms with Gasteiger partial charge in [-0.05, 0) is 43.0 Å². The number of nitrogens with zero attached hydrogens (tertiary/aromatic N) is 1. The first-order chi connectivity index (χ1) is 11.3. The van der Waals surface area contributed by atoms with Gasteiger partial charge in [-0.1, -0.05) is 17.7 Å². The zero-order valence-corrected chi connectivity index (χ0v) is 14.4. The highest BCUT2D eigenvalue weighted by Gasteiger charge is 2.45. The minimum atomic E-state index is -3.86. The van der Waals surface area contributed by atoms with Crippen LogP contribution in [0.5, 0.6) is 0 Å². The zero-order chi connectivity index (χ0) is 17.5. The van der Waals surface area contributed by atoms with E-state index in [4.69, 9.17) is 4.74 Å². The van der Waals surface area contributed by atoms with Crippen molar-refractivity contribution in [2.24, 2.45) is 5.92 Å². The van der Waals surface area contributed by atoms with Gasteiger partial charge in [-0.3, -0.25) is 9.59 Å². The van der Waals surface area contributed by atoms with Crippen LogP contribution in [0.4, 0.5) is 0 Å². The van der Waals surface area contributed by atoms with Gasteiger partial charge in [-0.25, -0.2) is 8.42 Å². The first-order valence-electron chi connectivity index (χ1n) is 7.72. The van der Waals surface area contributed by atoms with Crippen molar-refractivity contribution in [2.75, 3.05) is 13.7 Å². The third-order valence-electron chi connectivity index (χ3n) is 4.61. The Balaban J connectivity index is 2.01. The SMILES string of the molecule is COC(=O)[C@@H]1C[C@H]2CC(=O)C=C2CN1S(=O)(=O)c1ccc(C)cc1. The van der Waals surface area contributed by atoms with Crippen LogP contribution in [0, 0.1) is 12.8 Å². The molecular weight excluding hydrogens is 330 g/mol. The fourth-order valence-corrected chi connectivity index (χ4v) is 4.87. The molecule has 0 radical (unpaired) electrons. The number of allylic oxidation sites excluding steroid dienone is 1. The predicted molar refractivity (Wildman–Crippen MR) is 86.7 cm³/mol. The summed E-state index contributed by atoms with van der Waals surface area (Å²) in [5, 5.41) is 0. The lowest BCUT2D eigenvalue weighted by Crippen LogP contribution is -2.50. The maximum absolute atomic E-state index is 13.0. The van der Waals surface area contributed by atoms with Crippen LogP contribution in [0.3, 0.4) is 0 Å². The van der Waals surface area contributed by atoms with Crippen molar-refractivity contribution < 1.29 is 22.7 Å². The molecule has 1 heterocycles. The molecule has 0 bridgehead atoms. The second-order valence-electron chi connectivity index (χ2n) is 6.22. The van der Waals surface area contributed by atoms with E-state index in [1.165, 1.54) is 25.3 Å². The van der Waals surface area contributed by atoms with Crippen molar-refractivity contribution >= 4 is 21.8 Å². The largest absolute Gasteiger partial charge is 0.468 e. The summed E-state index contributed by atoms with van der Waals surface area (Å²) in [6.45, 7) is 1.92. The van der Waals surface area contributed by atoms with Crippen molar-refractivity contribution in [3.8, 4) is 0 Å². The Kier molecular flexibility index (Phi) is 4.31. The first-order valence-corrected chi connectivity index (χ1v) is 9.16. The number of carbonyl (C=O) groups excluding carboxylic acids is 2. The lowest BCUT2D eigenvalue weighted by molar-refractivity contribution is -0.146. The minimum Gasteiger partial charge on any atom is -0.468 e. The Morgan fingerprint density at radius 2 is 1.92 bits per heavy atom. The van der Waals surface area contributed by atoms with Crippen molar-refractivity contribution in [1.29, 1.82) is 0 Å². The number of methoxy groups -OCH3 is 1. The van der Waals surface area contributed by atoms with Gasteiger partial charge in [-0.2, -0.15) is 4.31 Å². The molecule has 3 rings (SSSR count). The predicted octanol–water partition coefficient (Wildman–Crippen LogP) is 1.45. The summed E-state index contributed by atoms with van der Waals surface area (Å²) in [6, 6.07) is 5.57. The smallest absolute Gasteiger partial charge is 0.324 e. The van der Waals surface area contributed by atoms with Gasteiger partial charge in [0.2, 0.25) is 10.0 Å². The van der Waals surface area contributed by atoms with Crippen molar-refractivity contribution in [3.05, 3.63) is 41.5 Å². The van der Waals surface area contributed by atoms with Crippen molar-refractivity contribution in [3.63, 3.8) is 0 Å². The van der Waals surface area contributed by atoms with E-state index < -0.39 is 22.0 Å². The zero-order valence-electron chi connectivity index (χ0n) is 13.6. The molecule has 0 unspecified atom stereocenters. The molecule has 0 amide bonds. The van der Waals surface area contributed by atoms with Gasteiger partial charge in [0.05, 0.1) is 12.0 Å². The van der Waals surface area contributed by atoms with Crippen LogP contribution in [0.1, 0.15) is 18.4 Å². The molecule has 1 saturated heterocycles. The second-order valence-corrected chi connectivity index (χ2v) is 8.12. The molecule has 1 aliphatic carbocycles. The van der Waals surface area contributed by atoms with Crippen LogP contribution < -0.4 is 0 Å². The summed E-state index contributed by atoms with van der Waals surface area (Å²) in [6.07, 6.45) is 2.12. The third kappa shape index (κ3) is 2.89. The molecule has 1 aromatic carbocycles. The Morgan fingerprint density at radius 3 is 2.54 bits per heavy atom. The second kappa shape index (κ2) is 6.14. The molecule has 6 nitrogen and oxygen atoms in total. The average molecular weight is 349 g/mol. The van der Waals surface area contributed by atoms with Crippen LogP contribution in [0.2, 0.25) is 0 Å². The van der Waals surface area contributed by atoms with Gasteiger partial charge in [0.25, 0.3) is 0 Å². The fraction of sp³-hybridized carbons (Fsp3) is 0.412. The molecule has 2 atom stereocenters. The molecule has 1 aromatic rings. The van der Waals surface area contributed by atoms with Gasteiger partial charge < -0.3 is 4.74 Å². The summed E-state index contributed by atoms with van der Waals surface area (Å²) in [5.74, 6) is -0.691. The number of hydrogen-bond acceptors (Lipinski definition) is 5. The van der Waals surface area contributed by atoms with E-state index >= 15 is 0 Å². The van der Waals surface area contributed by atoms with E-state index in [0.29, 0.717) is 6.42 Å². The fourth-order valence-electron chi connectivity index (χ4n) is 3.29. The summed E-state index contributed by atoms with van der Waals surface area (Å²) in [7, 11) is -2.62. The Hall–Kier alpha value is -1.99. The standard InChI is InChI=1S/C17H19NO5S/c1-11-3-5-15(6-4-11)24(21,22)18-10-13-8-14(19)7-12(13)9-16(18)17(20)23-2/h3-6,8,12,16H,7,9-10H2,1-2H3/t12-,16+/m1/s1. The van der Waals surface area contributed by atoms with Crippen LogP contribution in [0.15, 0.2) is 40.8 Å². The molecule has 0 aromatic heterocycles. The number of ketones is 1. The Morgan fingerprint density at radius 1 is 1.25 bits per heavy atom. The summed E-state index contributed by atoms with van der Waals surface area (Å²) in [5.41, 5.74) is 1.72.